The highest BCUT2D eigenvalue weighted by Gasteiger charge is 2.39. The minimum Gasteiger partial charge on any atom is -0.491 e. The molecule has 0 aromatic heterocycles. The summed E-state index contributed by atoms with van der Waals surface area (Å²) in [7, 11) is -1.79. The molecule has 1 rings (SSSR count). The summed E-state index contributed by atoms with van der Waals surface area (Å²) in [6.07, 6.45) is 1.15. The number of hydrogen-bond donors (Lipinski definition) is 0. The molecule has 0 aliphatic rings. The van der Waals surface area contributed by atoms with Crippen molar-refractivity contribution in [2.45, 2.75) is 72.2 Å². The minimum absolute atomic E-state index is 0.140. The fraction of sp³-hybridized carbons (Fsp3) is 0.684. The lowest BCUT2D eigenvalue weighted by Gasteiger charge is -2.40. The highest BCUT2D eigenvalue weighted by molar-refractivity contribution is 6.74. The molecule has 0 aliphatic carbocycles. The van der Waals surface area contributed by atoms with Crippen LogP contribution in [0.4, 0.5) is 0 Å². The monoisotopic (exact) mass is 322 g/mol. The molecule has 22 heavy (non-hydrogen) atoms. The Morgan fingerprint density at radius 3 is 1.95 bits per heavy atom. The van der Waals surface area contributed by atoms with E-state index in [2.05, 4.69) is 54.6 Å². The van der Waals surface area contributed by atoms with Crippen molar-refractivity contribution in [1.82, 2.24) is 0 Å². The molecule has 1 aromatic carbocycles. The van der Waals surface area contributed by atoms with Gasteiger partial charge in [-0.2, -0.15) is 0 Å². The third-order valence-corrected chi connectivity index (χ3v) is 8.82. The molecular formula is C19H34O2Si. The first-order chi connectivity index (χ1) is 9.91. The maximum absolute atomic E-state index is 6.61. The molecule has 1 aromatic rings. The first-order valence-electron chi connectivity index (χ1n) is 8.26. The van der Waals surface area contributed by atoms with E-state index in [-0.39, 0.29) is 16.6 Å². The zero-order chi connectivity index (χ0) is 17.0. The second-order valence-electron chi connectivity index (χ2n) is 8.89. The Balaban J connectivity index is 2.76. The SMILES string of the molecule is CC(C)(C)C[C@@H](COc1ccccc1)O[Si](C)(C)C(C)(C)C. The van der Waals surface area contributed by atoms with Crippen molar-refractivity contribution in [2.75, 3.05) is 6.61 Å². The van der Waals surface area contributed by atoms with Crippen LogP contribution < -0.4 is 4.74 Å². The maximum Gasteiger partial charge on any atom is 0.192 e. The number of ether oxygens (including phenoxy) is 1. The molecule has 0 spiro atoms. The Morgan fingerprint density at radius 2 is 1.50 bits per heavy atom. The van der Waals surface area contributed by atoms with Crippen molar-refractivity contribution >= 4 is 8.32 Å². The van der Waals surface area contributed by atoms with E-state index in [0.717, 1.165) is 12.2 Å². The second-order valence-corrected chi connectivity index (χ2v) is 13.6. The van der Waals surface area contributed by atoms with E-state index in [1.54, 1.807) is 0 Å². The Kier molecular flexibility index (Phi) is 6.28. The predicted octanol–water partition coefficient (Wildman–Crippen LogP) is 5.89. The normalized spacial score (nSPS) is 14.7. The van der Waals surface area contributed by atoms with E-state index < -0.39 is 8.32 Å². The number of hydrogen-bond acceptors (Lipinski definition) is 2. The van der Waals surface area contributed by atoms with Gasteiger partial charge >= 0.3 is 0 Å². The molecule has 0 N–H and O–H groups in total. The van der Waals surface area contributed by atoms with Gasteiger partial charge in [0, 0.05) is 0 Å². The van der Waals surface area contributed by atoms with Crippen LogP contribution in [0, 0.1) is 5.41 Å². The fourth-order valence-electron chi connectivity index (χ4n) is 2.12. The molecule has 2 nitrogen and oxygen atoms in total. The molecule has 0 bridgehead atoms. The van der Waals surface area contributed by atoms with Crippen LogP contribution in [0.3, 0.4) is 0 Å². The van der Waals surface area contributed by atoms with Crippen molar-refractivity contribution in [3.63, 3.8) is 0 Å². The summed E-state index contributed by atoms with van der Waals surface area (Å²) < 4.78 is 12.6. The Labute approximate surface area is 138 Å². The van der Waals surface area contributed by atoms with Gasteiger partial charge in [-0.15, -0.1) is 0 Å². The van der Waals surface area contributed by atoms with E-state index in [1.807, 2.05) is 30.3 Å². The highest BCUT2D eigenvalue weighted by Crippen LogP contribution is 2.38. The molecule has 3 heteroatoms. The van der Waals surface area contributed by atoms with E-state index in [0.29, 0.717) is 6.61 Å². The van der Waals surface area contributed by atoms with Crippen molar-refractivity contribution in [1.29, 1.82) is 0 Å². The van der Waals surface area contributed by atoms with Gasteiger partial charge in [-0.3, -0.25) is 0 Å². The molecule has 0 radical (unpaired) electrons. The van der Waals surface area contributed by atoms with Crippen molar-refractivity contribution in [2.24, 2.45) is 5.41 Å². The molecule has 0 saturated carbocycles. The summed E-state index contributed by atoms with van der Waals surface area (Å²) >= 11 is 0. The summed E-state index contributed by atoms with van der Waals surface area (Å²) in [6, 6.07) is 10.0. The molecule has 0 amide bonds. The molecule has 0 fully saturated rings. The van der Waals surface area contributed by atoms with Gasteiger partial charge in [0.1, 0.15) is 12.4 Å². The van der Waals surface area contributed by atoms with Gasteiger partial charge < -0.3 is 9.16 Å². The quantitative estimate of drug-likeness (QED) is 0.608. The number of para-hydroxylation sites is 1. The lowest BCUT2D eigenvalue weighted by molar-refractivity contribution is 0.0789. The van der Waals surface area contributed by atoms with Crippen LogP contribution in [-0.4, -0.2) is 21.0 Å². The predicted molar refractivity (Wildman–Crippen MR) is 98.1 cm³/mol. The topological polar surface area (TPSA) is 18.5 Å². The standard InChI is InChI=1S/C19H34O2Si/c1-18(2,3)14-17(21-22(7,8)19(4,5)6)15-20-16-12-10-9-11-13-16/h9-13,17H,14-15H2,1-8H3/t17-/m0/s1. The number of benzene rings is 1. The fourth-order valence-corrected chi connectivity index (χ4v) is 3.46. The summed E-state index contributed by atoms with van der Waals surface area (Å²) in [5.41, 5.74) is 0.229. The molecular weight excluding hydrogens is 288 g/mol. The van der Waals surface area contributed by atoms with Gasteiger partial charge in [-0.25, -0.2) is 0 Å². The van der Waals surface area contributed by atoms with Gasteiger partial charge in [0.15, 0.2) is 8.32 Å². The maximum atomic E-state index is 6.61. The summed E-state index contributed by atoms with van der Waals surface area (Å²) in [6.45, 7) is 18.9. The minimum atomic E-state index is -1.79. The van der Waals surface area contributed by atoms with Gasteiger partial charge in [0.05, 0.1) is 6.10 Å². The molecule has 126 valence electrons. The van der Waals surface area contributed by atoms with E-state index >= 15 is 0 Å². The zero-order valence-electron chi connectivity index (χ0n) is 15.7. The Bertz CT molecular complexity index is 441. The molecule has 0 unspecified atom stereocenters. The van der Waals surface area contributed by atoms with Crippen LogP contribution >= 0.6 is 0 Å². The van der Waals surface area contributed by atoms with E-state index in [9.17, 15) is 0 Å². The molecule has 1 atom stereocenters. The Hall–Kier alpha value is -0.803. The molecule has 0 aliphatic heterocycles. The highest BCUT2D eigenvalue weighted by atomic mass is 28.4. The summed E-state index contributed by atoms with van der Waals surface area (Å²) in [4.78, 5) is 0. The van der Waals surface area contributed by atoms with Crippen LogP contribution in [0.1, 0.15) is 48.0 Å². The van der Waals surface area contributed by atoms with Crippen LogP contribution in [0.5, 0.6) is 5.75 Å². The largest absolute Gasteiger partial charge is 0.491 e. The van der Waals surface area contributed by atoms with Crippen molar-refractivity contribution in [3.8, 4) is 5.75 Å². The van der Waals surface area contributed by atoms with E-state index in [4.69, 9.17) is 9.16 Å². The average Bonchev–Trinajstić information content (AvgIpc) is 2.33. The smallest absolute Gasteiger partial charge is 0.192 e. The second kappa shape index (κ2) is 7.18. The molecule has 0 saturated heterocycles. The third kappa shape index (κ3) is 6.53. The lowest BCUT2D eigenvalue weighted by atomic mass is 9.89. The van der Waals surface area contributed by atoms with Crippen molar-refractivity contribution < 1.29 is 9.16 Å². The Morgan fingerprint density at radius 1 is 0.955 bits per heavy atom. The van der Waals surface area contributed by atoms with Gasteiger partial charge in [0.25, 0.3) is 0 Å². The van der Waals surface area contributed by atoms with Crippen molar-refractivity contribution in [3.05, 3.63) is 30.3 Å². The van der Waals surface area contributed by atoms with Crippen LogP contribution in [0.15, 0.2) is 30.3 Å². The lowest BCUT2D eigenvalue weighted by Crippen LogP contribution is -2.46. The molecule has 0 heterocycles. The van der Waals surface area contributed by atoms with E-state index in [1.165, 1.54) is 0 Å². The first-order valence-corrected chi connectivity index (χ1v) is 11.2. The first kappa shape index (κ1) is 19.2. The van der Waals surface area contributed by atoms with Gasteiger partial charge in [-0.1, -0.05) is 59.7 Å². The van der Waals surface area contributed by atoms with Gasteiger partial charge in [-0.05, 0) is 42.1 Å². The van der Waals surface area contributed by atoms with Gasteiger partial charge in [0.2, 0.25) is 0 Å². The number of rotatable bonds is 6. The third-order valence-electron chi connectivity index (χ3n) is 4.29. The van der Waals surface area contributed by atoms with Crippen LogP contribution in [-0.2, 0) is 4.43 Å². The van der Waals surface area contributed by atoms with Crippen LogP contribution in [0.2, 0.25) is 18.1 Å². The average molecular weight is 323 g/mol. The van der Waals surface area contributed by atoms with Crippen LogP contribution in [0.25, 0.3) is 0 Å². The zero-order valence-corrected chi connectivity index (χ0v) is 16.7. The summed E-state index contributed by atoms with van der Waals surface area (Å²) in [5, 5.41) is 0.218. The summed E-state index contributed by atoms with van der Waals surface area (Å²) in [5.74, 6) is 0.917.